The van der Waals surface area contributed by atoms with Crippen LogP contribution in [0.2, 0.25) is 0 Å². The normalized spacial score (nSPS) is 12.1. The maximum Gasteiger partial charge on any atom is 0.307 e. The highest BCUT2D eigenvalue weighted by molar-refractivity contribution is 9.10. The number of nitrogens with zero attached hydrogens (tertiary/aromatic N) is 1. The Morgan fingerprint density at radius 3 is 2.67 bits per heavy atom. The van der Waals surface area contributed by atoms with Crippen LogP contribution in [0, 0.1) is 5.92 Å². The fourth-order valence-electron chi connectivity index (χ4n) is 2.43. The first-order valence-corrected chi connectivity index (χ1v) is 7.80. The van der Waals surface area contributed by atoms with Crippen molar-refractivity contribution in [3.05, 3.63) is 27.9 Å². The molecule has 0 spiro atoms. The summed E-state index contributed by atoms with van der Waals surface area (Å²) >= 11 is 3.38. The zero-order chi connectivity index (χ0) is 17.9. The molecule has 0 saturated heterocycles. The molecule has 0 unspecified atom stereocenters. The lowest BCUT2D eigenvalue weighted by molar-refractivity contribution is -0.148. The van der Waals surface area contributed by atoms with Gasteiger partial charge in [0, 0.05) is 22.3 Å². The first kappa shape index (κ1) is 17.9. The number of aliphatic carboxylic acids is 2. The molecule has 0 aliphatic carbocycles. The van der Waals surface area contributed by atoms with Crippen molar-refractivity contribution in [3.8, 4) is 0 Å². The minimum atomic E-state index is -1.20. The average molecular weight is 399 g/mol. The van der Waals surface area contributed by atoms with Crippen LogP contribution >= 0.6 is 15.9 Å². The van der Waals surface area contributed by atoms with Gasteiger partial charge in [0.2, 0.25) is 0 Å². The number of carbonyl (C=O) groups excluding carboxylic acids is 1. The van der Waals surface area contributed by atoms with Gasteiger partial charge in [0.25, 0.3) is 0 Å². The lowest BCUT2D eigenvalue weighted by Crippen LogP contribution is -2.21. The molecular formula is C15H15BrN2O6. The molecule has 0 aliphatic rings. The Hall–Kier alpha value is -2.42. The second-order valence-corrected chi connectivity index (χ2v) is 6.13. The van der Waals surface area contributed by atoms with Gasteiger partial charge >= 0.3 is 17.9 Å². The minimum absolute atomic E-state index is 0.00203. The summed E-state index contributed by atoms with van der Waals surface area (Å²) in [5.74, 6) is -3.94. The van der Waals surface area contributed by atoms with Gasteiger partial charge in [-0.15, -0.1) is 0 Å². The summed E-state index contributed by atoms with van der Waals surface area (Å²) in [6.07, 6.45) is 1.05. The molecule has 0 fully saturated rings. The molecule has 1 atom stereocenters. The molecule has 1 aromatic carbocycles. The van der Waals surface area contributed by atoms with E-state index in [1.54, 1.807) is 12.3 Å². The standard InChI is InChI=1S/C15H15BrN2O6/c1-7(19)24-6-11-8(2-9(15(22)23)4-13(20)21)3-12(16)14-10(11)5-17-18-14/h3,5,9H,2,4,6H2,1H3,(H,17,18)(H,20,21)(H,22,23)/t9-/m0/s1. The largest absolute Gasteiger partial charge is 0.481 e. The molecule has 2 aromatic rings. The highest BCUT2D eigenvalue weighted by Crippen LogP contribution is 2.31. The van der Waals surface area contributed by atoms with E-state index in [2.05, 4.69) is 26.1 Å². The third-order valence-corrected chi connectivity index (χ3v) is 4.17. The van der Waals surface area contributed by atoms with Gasteiger partial charge in [-0.05, 0) is 34.0 Å². The first-order valence-electron chi connectivity index (χ1n) is 7.01. The van der Waals surface area contributed by atoms with E-state index < -0.39 is 30.2 Å². The number of carboxylic acids is 2. The van der Waals surface area contributed by atoms with E-state index in [0.29, 0.717) is 26.5 Å². The summed E-state index contributed by atoms with van der Waals surface area (Å²) in [5, 5.41) is 25.6. The molecule has 2 rings (SSSR count). The fourth-order valence-corrected chi connectivity index (χ4v) is 3.01. The Morgan fingerprint density at radius 1 is 1.38 bits per heavy atom. The zero-order valence-electron chi connectivity index (χ0n) is 12.7. The summed E-state index contributed by atoms with van der Waals surface area (Å²) in [7, 11) is 0. The summed E-state index contributed by atoms with van der Waals surface area (Å²) < 4.78 is 5.71. The van der Waals surface area contributed by atoms with Crippen molar-refractivity contribution in [3.63, 3.8) is 0 Å². The van der Waals surface area contributed by atoms with Crippen LogP contribution in [-0.4, -0.2) is 38.3 Å². The molecule has 8 nitrogen and oxygen atoms in total. The molecule has 1 heterocycles. The van der Waals surface area contributed by atoms with Gasteiger partial charge in [-0.2, -0.15) is 5.10 Å². The molecule has 9 heteroatoms. The molecule has 24 heavy (non-hydrogen) atoms. The van der Waals surface area contributed by atoms with E-state index in [4.69, 9.17) is 9.84 Å². The van der Waals surface area contributed by atoms with Gasteiger partial charge < -0.3 is 14.9 Å². The third kappa shape index (κ3) is 4.10. The van der Waals surface area contributed by atoms with Crippen molar-refractivity contribution in [2.45, 2.75) is 26.4 Å². The Morgan fingerprint density at radius 2 is 2.08 bits per heavy atom. The van der Waals surface area contributed by atoms with Crippen LogP contribution in [0.25, 0.3) is 10.9 Å². The lowest BCUT2D eigenvalue weighted by atomic mass is 9.92. The Labute approximate surface area is 144 Å². The SMILES string of the molecule is CC(=O)OCc1c(C[C@@H](CC(=O)O)C(=O)O)cc(Br)c2[nH]ncc12. The number of hydrogen-bond acceptors (Lipinski definition) is 5. The molecule has 128 valence electrons. The molecule has 0 bridgehead atoms. The summed E-state index contributed by atoms with van der Waals surface area (Å²) in [5.41, 5.74) is 1.88. The van der Waals surface area contributed by atoms with Gasteiger partial charge in [0.05, 0.1) is 24.1 Å². The number of rotatable bonds is 7. The predicted octanol–water partition coefficient (Wildman–Crippen LogP) is 2.11. The fraction of sp³-hybridized carbons (Fsp3) is 0.333. The van der Waals surface area contributed by atoms with E-state index in [1.807, 2.05) is 0 Å². The van der Waals surface area contributed by atoms with E-state index >= 15 is 0 Å². The number of carboxylic acid groups (broad SMARTS) is 2. The number of hydrogen-bond donors (Lipinski definition) is 3. The highest BCUT2D eigenvalue weighted by Gasteiger charge is 2.24. The van der Waals surface area contributed by atoms with Crippen molar-refractivity contribution in [1.82, 2.24) is 10.2 Å². The van der Waals surface area contributed by atoms with E-state index in [9.17, 15) is 19.5 Å². The smallest absolute Gasteiger partial charge is 0.307 e. The lowest BCUT2D eigenvalue weighted by Gasteiger charge is -2.15. The van der Waals surface area contributed by atoms with Crippen molar-refractivity contribution >= 4 is 44.7 Å². The number of aromatic nitrogens is 2. The number of ether oxygens (including phenoxy) is 1. The number of benzene rings is 1. The van der Waals surface area contributed by atoms with Crippen LogP contribution in [0.15, 0.2) is 16.7 Å². The van der Waals surface area contributed by atoms with Gasteiger partial charge in [0.1, 0.15) is 6.61 Å². The number of nitrogens with one attached hydrogen (secondary N) is 1. The average Bonchev–Trinajstić information content (AvgIpc) is 2.95. The van der Waals surface area contributed by atoms with Gasteiger partial charge in [0.15, 0.2) is 0 Å². The van der Waals surface area contributed by atoms with Crippen molar-refractivity contribution in [2.24, 2.45) is 5.92 Å². The molecule has 0 radical (unpaired) electrons. The Balaban J connectivity index is 2.46. The zero-order valence-corrected chi connectivity index (χ0v) is 14.3. The van der Waals surface area contributed by atoms with Crippen molar-refractivity contribution in [1.29, 1.82) is 0 Å². The maximum absolute atomic E-state index is 11.3. The van der Waals surface area contributed by atoms with Crippen molar-refractivity contribution < 1.29 is 29.3 Å². The molecular weight excluding hydrogens is 384 g/mol. The number of halogens is 1. The third-order valence-electron chi connectivity index (χ3n) is 3.55. The highest BCUT2D eigenvalue weighted by atomic mass is 79.9. The number of fused-ring (bicyclic) bond motifs is 1. The Bertz CT molecular complexity index is 801. The van der Waals surface area contributed by atoms with Crippen LogP contribution in [0.4, 0.5) is 0 Å². The van der Waals surface area contributed by atoms with Crippen LogP contribution in [0.5, 0.6) is 0 Å². The maximum atomic E-state index is 11.3. The molecule has 0 aliphatic heterocycles. The second kappa shape index (κ2) is 7.43. The van der Waals surface area contributed by atoms with Crippen LogP contribution in [0.3, 0.4) is 0 Å². The van der Waals surface area contributed by atoms with Gasteiger partial charge in [-0.25, -0.2) is 0 Å². The van der Waals surface area contributed by atoms with Crippen LogP contribution in [0.1, 0.15) is 24.5 Å². The summed E-state index contributed by atoms with van der Waals surface area (Å²) in [6, 6.07) is 1.69. The Kier molecular flexibility index (Phi) is 5.55. The monoisotopic (exact) mass is 398 g/mol. The number of carbonyl (C=O) groups is 3. The summed E-state index contributed by atoms with van der Waals surface area (Å²) in [6.45, 7) is 1.23. The van der Waals surface area contributed by atoms with Crippen LogP contribution < -0.4 is 0 Å². The van der Waals surface area contributed by atoms with E-state index in [0.717, 1.165) is 0 Å². The molecule has 1 aromatic heterocycles. The number of esters is 1. The van der Waals surface area contributed by atoms with E-state index in [-0.39, 0.29) is 13.0 Å². The van der Waals surface area contributed by atoms with Gasteiger partial charge in [-0.3, -0.25) is 19.5 Å². The number of H-pyrrole nitrogens is 1. The quantitative estimate of drug-likeness (QED) is 0.608. The van der Waals surface area contributed by atoms with E-state index in [1.165, 1.54) is 6.92 Å². The van der Waals surface area contributed by atoms with Gasteiger partial charge in [-0.1, -0.05) is 0 Å². The predicted molar refractivity (Wildman–Crippen MR) is 86.3 cm³/mol. The number of aromatic amines is 1. The van der Waals surface area contributed by atoms with Crippen LogP contribution in [-0.2, 0) is 32.1 Å². The second-order valence-electron chi connectivity index (χ2n) is 5.27. The minimum Gasteiger partial charge on any atom is -0.481 e. The molecule has 0 amide bonds. The first-order chi connectivity index (χ1) is 11.3. The molecule has 3 N–H and O–H groups in total. The molecule has 0 saturated carbocycles. The summed E-state index contributed by atoms with van der Waals surface area (Å²) in [4.78, 5) is 33.3. The topological polar surface area (TPSA) is 130 Å². The van der Waals surface area contributed by atoms with Crippen molar-refractivity contribution in [2.75, 3.05) is 0 Å².